The first-order valence-electron chi connectivity index (χ1n) is 9.44. The molecule has 4 aromatic rings. The third-order valence-corrected chi connectivity index (χ3v) is 5.40. The topological polar surface area (TPSA) is 0 Å². The minimum absolute atomic E-state index is 0.107. The average Bonchev–Trinajstić information content (AvgIpc) is 2.71. The van der Waals surface area contributed by atoms with Gasteiger partial charge in [-0.2, -0.15) is 0 Å². The summed E-state index contributed by atoms with van der Waals surface area (Å²) in [5, 5.41) is 1.63. The molecular weight excluding hydrogens is 393 g/mol. The van der Waals surface area contributed by atoms with Crippen LogP contribution in [-0.2, 0) is 6.42 Å². The lowest BCUT2D eigenvalue weighted by molar-refractivity contribution is 0.584. The summed E-state index contributed by atoms with van der Waals surface area (Å²) in [5.41, 5.74) is 3.09. The molecule has 0 bridgehead atoms. The van der Waals surface area contributed by atoms with E-state index >= 15 is 0 Å². The summed E-state index contributed by atoms with van der Waals surface area (Å²) in [4.78, 5) is 0. The minimum atomic E-state index is -0.915. The lowest BCUT2D eigenvalue weighted by atomic mass is 9.96. The summed E-state index contributed by atoms with van der Waals surface area (Å²) < 4.78 is 42.2. The van der Waals surface area contributed by atoms with Crippen LogP contribution in [0.2, 0.25) is 5.02 Å². The van der Waals surface area contributed by atoms with Crippen LogP contribution in [0.25, 0.3) is 33.0 Å². The molecule has 0 aliphatic rings. The monoisotopic (exact) mass is 410 g/mol. The highest BCUT2D eigenvalue weighted by Crippen LogP contribution is 2.32. The van der Waals surface area contributed by atoms with Crippen molar-refractivity contribution in [1.82, 2.24) is 0 Å². The van der Waals surface area contributed by atoms with Crippen LogP contribution in [0.4, 0.5) is 13.2 Å². The summed E-state index contributed by atoms with van der Waals surface area (Å²) >= 11 is 5.51. The fourth-order valence-electron chi connectivity index (χ4n) is 3.56. The zero-order valence-corrected chi connectivity index (χ0v) is 16.5. The second-order valence-corrected chi connectivity index (χ2v) is 7.47. The molecule has 0 saturated carbocycles. The summed E-state index contributed by atoms with van der Waals surface area (Å²) in [6.45, 7) is 2.15. The number of halogens is 4. The van der Waals surface area contributed by atoms with Crippen molar-refractivity contribution in [2.75, 3.05) is 0 Å². The standard InChI is InChI=1S/C25H18ClF3/c1-2-3-15-4-5-17-11-18(7-6-16(17)10-15)19-8-9-21(22(27)12-19)20-13-23(28)25(26)24(29)14-20/h4-14H,2-3H2,1H3. The normalized spacial score (nSPS) is 11.2. The first-order chi connectivity index (χ1) is 14.0. The molecule has 0 amide bonds. The quantitative estimate of drug-likeness (QED) is 0.297. The second-order valence-electron chi connectivity index (χ2n) is 7.09. The Morgan fingerprint density at radius 1 is 0.655 bits per heavy atom. The van der Waals surface area contributed by atoms with Crippen molar-refractivity contribution >= 4 is 22.4 Å². The Kier molecular flexibility index (Phi) is 5.33. The third kappa shape index (κ3) is 3.88. The SMILES string of the molecule is CCCc1ccc2cc(-c3ccc(-c4cc(F)c(Cl)c(F)c4)c(F)c3)ccc2c1. The number of hydrogen-bond donors (Lipinski definition) is 0. The summed E-state index contributed by atoms with van der Waals surface area (Å²) in [6.07, 6.45) is 2.13. The van der Waals surface area contributed by atoms with Gasteiger partial charge in [-0.1, -0.05) is 67.4 Å². The van der Waals surface area contributed by atoms with Crippen LogP contribution >= 0.6 is 11.6 Å². The van der Waals surface area contributed by atoms with Gasteiger partial charge in [0, 0.05) is 5.56 Å². The van der Waals surface area contributed by atoms with Crippen molar-refractivity contribution in [3.05, 3.63) is 94.8 Å². The zero-order chi connectivity index (χ0) is 20.5. The Balaban J connectivity index is 1.71. The number of aryl methyl sites for hydroxylation is 1. The van der Waals surface area contributed by atoms with Gasteiger partial charge < -0.3 is 0 Å². The zero-order valence-electron chi connectivity index (χ0n) is 15.8. The molecule has 4 aromatic carbocycles. The van der Waals surface area contributed by atoms with E-state index in [1.165, 1.54) is 17.7 Å². The van der Waals surface area contributed by atoms with Gasteiger partial charge in [0.25, 0.3) is 0 Å². The van der Waals surface area contributed by atoms with E-state index in [1.807, 2.05) is 18.2 Å². The van der Waals surface area contributed by atoms with Crippen molar-refractivity contribution < 1.29 is 13.2 Å². The molecule has 4 rings (SSSR count). The molecule has 4 heteroatoms. The summed E-state index contributed by atoms with van der Waals surface area (Å²) in [5.74, 6) is -2.38. The third-order valence-electron chi connectivity index (χ3n) is 5.04. The van der Waals surface area contributed by atoms with Gasteiger partial charge >= 0.3 is 0 Å². The molecule has 0 saturated heterocycles. The minimum Gasteiger partial charge on any atom is -0.206 e. The molecule has 29 heavy (non-hydrogen) atoms. The Bertz CT molecular complexity index is 1190. The van der Waals surface area contributed by atoms with Crippen LogP contribution in [0, 0.1) is 17.5 Å². The van der Waals surface area contributed by atoms with Gasteiger partial charge in [0.15, 0.2) is 0 Å². The van der Waals surface area contributed by atoms with Gasteiger partial charge in [-0.25, -0.2) is 13.2 Å². The van der Waals surface area contributed by atoms with E-state index in [9.17, 15) is 13.2 Å². The van der Waals surface area contributed by atoms with Crippen LogP contribution < -0.4 is 0 Å². The maximum absolute atomic E-state index is 14.8. The van der Waals surface area contributed by atoms with Gasteiger partial charge in [-0.3, -0.25) is 0 Å². The maximum atomic E-state index is 14.8. The van der Waals surface area contributed by atoms with Gasteiger partial charge in [-0.05, 0) is 63.7 Å². The smallest absolute Gasteiger partial charge is 0.145 e. The van der Waals surface area contributed by atoms with Crippen molar-refractivity contribution in [2.45, 2.75) is 19.8 Å². The average molecular weight is 411 g/mol. The number of fused-ring (bicyclic) bond motifs is 1. The molecule has 0 spiro atoms. The van der Waals surface area contributed by atoms with Gasteiger partial charge in [0.1, 0.15) is 22.5 Å². The predicted molar refractivity (Wildman–Crippen MR) is 114 cm³/mol. The Hall–Kier alpha value is -2.78. The molecule has 0 atom stereocenters. The molecule has 0 fully saturated rings. The van der Waals surface area contributed by atoms with Crippen LogP contribution in [0.3, 0.4) is 0 Å². The number of benzene rings is 4. The molecule has 0 radical (unpaired) electrons. The van der Waals surface area contributed by atoms with Gasteiger partial charge in [0.05, 0.1) is 0 Å². The molecule has 146 valence electrons. The van der Waals surface area contributed by atoms with Crippen molar-refractivity contribution in [3.63, 3.8) is 0 Å². The Morgan fingerprint density at radius 2 is 1.24 bits per heavy atom. The predicted octanol–water partition coefficient (Wildman–Crippen LogP) is 8.20. The molecule has 0 aliphatic carbocycles. The molecule has 0 aliphatic heterocycles. The number of rotatable bonds is 4. The summed E-state index contributed by atoms with van der Waals surface area (Å²) in [6, 6.07) is 19.1. The molecule has 0 aromatic heterocycles. The van der Waals surface area contributed by atoms with E-state index in [4.69, 9.17) is 11.6 Å². The van der Waals surface area contributed by atoms with E-state index in [2.05, 4.69) is 25.1 Å². The van der Waals surface area contributed by atoms with E-state index < -0.39 is 22.5 Å². The highest BCUT2D eigenvalue weighted by atomic mass is 35.5. The molecule has 0 N–H and O–H groups in total. The highest BCUT2D eigenvalue weighted by Gasteiger charge is 2.14. The Labute approximate surface area is 172 Å². The van der Waals surface area contributed by atoms with Gasteiger partial charge in [0.2, 0.25) is 0 Å². The number of hydrogen-bond acceptors (Lipinski definition) is 0. The summed E-state index contributed by atoms with van der Waals surface area (Å²) in [7, 11) is 0. The van der Waals surface area contributed by atoms with Crippen LogP contribution in [0.15, 0.2) is 66.7 Å². The largest absolute Gasteiger partial charge is 0.206 e. The molecular formula is C25H18ClF3. The van der Waals surface area contributed by atoms with Crippen molar-refractivity contribution in [1.29, 1.82) is 0 Å². The fraction of sp³-hybridized carbons (Fsp3) is 0.120. The Morgan fingerprint density at radius 3 is 1.93 bits per heavy atom. The van der Waals surface area contributed by atoms with Crippen LogP contribution in [0.1, 0.15) is 18.9 Å². The second kappa shape index (κ2) is 7.92. The molecule has 0 unspecified atom stereocenters. The highest BCUT2D eigenvalue weighted by molar-refractivity contribution is 6.31. The van der Waals surface area contributed by atoms with E-state index in [-0.39, 0.29) is 11.1 Å². The first-order valence-corrected chi connectivity index (χ1v) is 9.81. The van der Waals surface area contributed by atoms with E-state index in [0.29, 0.717) is 5.56 Å². The first kappa shape index (κ1) is 19.5. The molecule has 0 nitrogen and oxygen atoms in total. The maximum Gasteiger partial charge on any atom is 0.145 e. The van der Waals surface area contributed by atoms with Gasteiger partial charge in [-0.15, -0.1) is 0 Å². The lowest BCUT2D eigenvalue weighted by Crippen LogP contribution is -1.91. The lowest BCUT2D eigenvalue weighted by Gasteiger charge is -2.10. The van der Waals surface area contributed by atoms with Crippen molar-refractivity contribution in [3.8, 4) is 22.3 Å². The van der Waals surface area contributed by atoms with Crippen molar-refractivity contribution in [2.24, 2.45) is 0 Å². The van der Waals surface area contributed by atoms with E-state index in [0.717, 1.165) is 41.3 Å². The fourth-order valence-corrected chi connectivity index (χ4v) is 3.67. The molecule has 0 heterocycles. The van der Waals surface area contributed by atoms with E-state index in [1.54, 1.807) is 6.07 Å². The van der Waals surface area contributed by atoms with Crippen LogP contribution in [-0.4, -0.2) is 0 Å². The van der Waals surface area contributed by atoms with Crippen LogP contribution in [0.5, 0.6) is 0 Å².